The number of aliphatic hydroxyl groups excluding tert-OH is 2. The van der Waals surface area contributed by atoms with Crippen LogP contribution in [0.5, 0.6) is 0 Å². The van der Waals surface area contributed by atoms with Gasteiger partial charge in [0, 0.05) is 19.3 Å². The van der Waals surface area contributed by atoms with Crippen LogP contribution in [0.4, 0.5) is 0 Å². The molecule has 12 heteroatoms. The molecule has 0 aromatic heterocycles. The van der Waals surface area contributed by atoms with Gasteiger partial charge < -0.3 is 39.0 Å². The van der Waals surface area contributed by atoms with Crippen molar-refractivity contribution in [2.24, 2.45) is 0 Å². The molecule has 1 aliphatic rings. The van der Waals surface area contributed by atoms with Crippen LogP contribution < -0.4 is 0 Å². The van der Waals surface area contributed by atoms with Crippen LogP contribution in [0, 0.1) is 0 Å². The highest BCUT2D eigenvalue weighted by Crippen LogP contribution is 2.26. The predicted molar refractivity (Wildman–Crippen MR) is 331 cm³/mol. The van der Waals surface area contributed by atoms with Gasteiger partial charge >= 0.3 is 23.9 Å². The monoisotopic (exact) mass is 1130 g/mol. The van der Waals surface area contributed by atoms with Crippen LogP contribution in [0.15, 0.2) is 97.2 Å². The van der Waals surface area contributed by atoms with Crippen molar-refractivity contribution in [3.8, 4) is 0 Å². The molecule has 0 radical (unpaired) electrons. The average Bonchev–Trinajstić information content (AvgIpc) is 3.52. The molecule has 0 amide bonds. The van der Waals surface area contributed by atoms with Crippen molar-refractivity contribution in [1.29, 1.82) is 0 Å². The quantitative estimate of drug-likeness (QED) is 0.0228. The predicted octanol–water partition coefficient (Wildman–Crippen LogP) is 17.2. The van der Waals surface area contributed by atoms with Gasteiger partial charge in [-0.15, -0.1) is 0 Å². The molecule has 0 spiro atoms. The third-order valence-corrected chi connectivity index (χ3v) is 14.1. The zero-order valence-electron chi connectivity index (χ0n) is 51.0. The SMILES string of the molecule is CC/C=C\C/C=C\C/C=C\C/C=C\C/C=C\CCCC(=O)OC(COC(=O)CCCCCCCCCCC/C=C\CCCCCCCC)COC1OC(C(=O)O)C(O)C(O)C1OC(=O)CCCCCCC/C=C\C/C=C\CCCCC. The maximum Gasteiger partial charge on any atom is 0.335 e. The van der Waals surface area contributed by atoms with Gasteiger partial charge in [-0.1, -0.05) is 227 Å². The first-order chi connectivity index (χ1) is 39.6. The van der Waals surface area contributed by atoms with Crippen molar-refractivity contribution in [2.45, 2.75) is 302 Å². The van der Waals surface area contributed by atoms with Crippen LogP contribution in [0.25, 0.3) is 0 Å². The standard InChI is InChI=1S/C69H114O12/c1-4-7-10-13-16-19-22-25-28-30-31-33-35-37-40-43-46-49-52-55-61(70)77-58-60(79-62(71)56-53-50-47-44-41-39-36-32-29-26-23-20-17-14-11-8-5-2)59-78-69-67(65(74)64(73)66(81-69)68(75)76)80-63(72)57-54-51-48-45-42-38-34-27-24-21-18-15-12-9-6-3/h8,11,17-18,20-21,25-29,34,36,39,44,47,60,64-67,69,73-74H,4-7,9-10,12-16,19,22-24,30-33,35,37-38,40-43,45-46,48-59H2,1-3H3,(H,75,76)/b11-8-,20-17-,21-18-,28-25-,29-26-,34-27-,39-36-,47-44-. The van der Waals surface area contributed by atoms with Crippen molar-refractivity contribution >= 4 is 23.9 Å². The number of hydrogen-bond donors (Lipinski definition) is 3. The Morgan fingerprint density at radius 1 is 0.420 bits per heavy atom. The number of carbonyl (C=O) groups excluding carboxylic acids is 3. The number of carboxylic acids is 1. The highest BCUT2D eigenvalue weighted by atomic mass is 16.7. The number of carboxylic acid groups (broad SMARTS) is 1. The third kappa shape index (κ3) is 45.8. The van der Waals surface area contributed by atoms with E-state index in [0.29, 0.717) is 25.7 Å². The van der Waals surface area contributed by atoms with Gasteiger partial charge in [-0.25, -0.2) is 4.79 Å². The Bertz CT molecular complexity index is 1780. The lowest BCUT2D eigenvalue weighted by Gasteiger charge is -2.40. The molecule has 81 heavy (non-hydrogen) atoms. The minimum atomic E-state index is -1.92. The van der Waals surface area contributed by atoms with Crippen molar-refractivity contribution < 1.29 is 58.2 Å². The number of ether oxygens (including phenoxy) is 5. The number of hydrogen-bond acceptors (Lipinski definition) is 11. The summed E-state index contributed by atoms with van der Waals surface area (Å²) in [6, 6.07) is 0. The van der Waals surface area contributed by atoms with E-state index in [-0.39, 0.29) is 25.9 Å². The van der Waals surface area contributed by atoms with E-state index in [1.807, 2.05) is 12.2 Å². The molecule has 12 nitrogen and oxygen atoms in total. The molecule has 0 aromatic rings. The summed E-state index contributed by atoms with van der Waals surface area (Å²) in [5.74, 6) is -3.22. The largest absolute Gasteiger partial charge is 0.479 e. The zero-order chi connectivity index (χ0) is 58.9. The van der Waals surface area contributed by atoms with E-state index >= 15 is 0 Å². The van der Waals surface area contributed by atoms with Crippen LogP contribution in [0.1, 0.15) is 265 Å². The number of unbranched alkanes of at least 4 members (excludes halogenated alkanes) is 24. The number of rotatable bonds is 54. The molecule has 1 aliphatic heterocycles. The van der Waals surface area contributed by atoms with Gasteiger partial charge in [-0.2, -0.15) is 0 Å². The molecular weight excluding hydrogens is 1020 g/mol. The Kier molecular flexibility index (Phi) is 51.7. The first-order valence-electron chi connectivity index (χ1n) is 32.2. The molecule has 462 valence electrons. The molecule has 1 heterocycles. The minimum Gasteiger partial charge on any atom is -0.479 e. The second kappa shape index (κ2) is 56.1. The minimum absolute atomic E-state index is 0.0341. The summed E-state index contributed by atoms with van der Waals surface area (Å²) < 4.78 is 28.4. The Balaban J connectivity index is 2.71. The topological polar surface area (TPSA) is 175 Å². The normalized spacial score (nSPS) is 18.4. The summed E-state index contributed by atoms with van der Waals surface area (Å²) in [5.41, 5.74) is 0. The Labute approximate surface area is 492 Å². The molecule has 0 aromatic carbocycles. The number of aliphatic hydroxyl groups is 2. The summed E-state index contributed by atoms with van der Waals surface area (Å²) in [7, 11) is 0. The summed E-state index contributed by atoms with van der Waals surface area (Å²) in [4.78, 5) is 51.3. The fourth-order valence-electron chi connectivity index (χ4n) is 9.19. The van der Waals surface area contributed by atoms with E-state index in [9.17, 15) is 34.5 Å². The summed E-state index contributed by atoms with van der Waals surface area (Å²) >= 11 is 0. The van der Waals surface area contributed by atoms with Crippen molar-refractivity contribution in [3.05, 3.63) is 97.2 Å². The number of carbonyl (C=O) groups is 4. The van der Waals surface area contributed by atoms with Crippen molar-refractivity contribution in [3.63, 3.8) is 0 Å². The molecule has 3 N–H and O–H groups in total. The number of allylic oxidation sites excluding steroid dienone is 16. The third-order valence-electron chi connectivity index (χ3n) is 14.1. The Morgan fingerprint density at radius 2 is 0.790 bits per heavy atom. The van der Waals surface area contributed by atoms with Crippen molar-refractivity contribution in [2.75, 3.05) is 13.2 Å². The second-order valence-electron chi connectivity index (χ2n) is 21.7. The van der Waals surface area contributed by atoms with Gasteiger partial charge in [-0.05, 0) is 116 Å². The van der Waals surface area contributed by atoms with E-state index in [1.165, 1.54) is 103 Å². The molecular formula is C69H114O12. The highest BCUT2D eigenvalue weighted by molar-refractivity contribution is 5.74. The maximum absolute atomic E-state index is 13.2. The van der Waals surface area contributed by atoms with Gasteiger partial charge in [0.1, 0.15) is 18.8 Å². The molecule has 0 aliphatic carbocycles. The molecule has 6 unspecified atom stereocenters. The highest BCUT2D eigenvalue weighted by Gasteiger charge is 2.50. The summed E-state index contributed by atoms with van der Waals surface area (Å²) in [5, 5.41) is 31.6. The van der Waals surface area contributed by atoms with Crippen LogP contribution in [0.2, 0.25) is 0 Å². The maximum atomic E-state index is 13.2. The van der Waals surface area contributed by atoms with Gasteiger partial charge in [0.25, 0.3) is 0 Å². The second-order valence-corrected chi connectivity index (χ2v) is 21.7. The first-order valence-corrected chi connectivity index (χ1v) is 32.2. The van der Waals surface area contributed by atoms with E-state index in [4.69, 9.17) is 23.7 Å². The Morgan fingerprint density at radius 3 is 1.26 bits per heavy atom. The Hall–Kier alpha value is -4.36. The molecule has 0 saturated carbocycles. The first kappa shape index (κ1) is 74.7. The van der Waals surface area contributed by atoms with E-state index < -0.39 is 67.3 Å². The summed E-state index contributed by atoms with van der Waals surface area (Å²) in [6.45, 7) is 5.81. The summed E-state index contributed by atoms with van der Waals surface area (Å²) in [6.07, 6.45) is 62.3. The van der Waals surface area contributed by atoms with Gasteiger partial charge in [-0.3, -0.25) is 14.4 Å². The smallest absolute Gasteiger partial charge is 0.335 e. The van der Waals surface area contributed by atoms with Gasteiger partial charge in [0.05, 0.1) is 6.61 Å². The zero-order valence-corrected chi connectivity index (χ0v) is 51.0. The van der Waals surface area contributed by atoms with Gasteiger partial charge in [0.2, 0.25) is 0 Å². The molecule has 6 atom stereocenters. The van der Waals surface area contributed by atoms with Crippen LogP contribution in [0.3, 0.4) is 0 Å². The van der Waals surface area contributed by atoms with Crippen molar-refractivity contribution in [1.82, 2.24) is 0 Å². The molecule has 1 fully saturated rings. The number of esters is 3. The molecule has 1 saturated heterocycles. The fraction of sp³-hybridized carbons (Fsp3) is 0.710. The van der Waals surface area contributed by atoms with Crippen LogP contribution in [-0.2, 0) is 42.9 Å². The lowest BCUT2D eigenvalue weighted by molar-refractivity contribution is -0.301. The average molecular weight is 1140 g/mol. The molecule has 1 rings (SSSR count). The van der Waals surface area contributed by atoms with Crippen LogP contribution >= 0.6 is 0 Å². The van der Waals surface area contributed by atoms with E-state index in [2.05, 4.69) is 106 Å². The van der Waals surface area contributed by atoms with E-state index in [1.54, 1.807) is 0 Å². The lowest BCUT2D eigenvalue weighted by atomic mass is 9.98. The van der Waals surface area contributed by atoms with E-state index in [0.717, 1.165) is 96.3 Å². The lowest BCUT2D eigenvalue weighted by Crippen LogP contribution is -2.61. The van der Waals surface area contributed by atoms with Crippen LogP contribution in [-0.4, -0.2) is 89.2 Å². The number of aliphatic carboxylic acids is 1. The fourth-order valence-corrected chi connectivity index (χ4v) is 9.19. The molecule has 0 bridgehead atoms. The van der Waals surface area contributed by atoms with Gasteiger partial charge in [0.15, 0.2) is 24.6 Å².